The molecule has 0 fully saturated rings. The van der Waals surface area contributed by atoms with Crippen LogP contribution in [0.15, 0.2) is 24.3 Å². The summed E-state index contributed by atoms with van der Waals surface area (Å²) >= 11 is 0. The highest BCUT2D eigenvalue weighted by atomic mass is 16.3. The lowest BCUT2D eigenvalue weighted by Crippen LogP contribution is -2.22. The molecule has 1 N–H and O–H groups in total. The maximum Gasteiger partial charge on any atom is 0.173 e. The van der Waals surface area contributed by atoms with Gasteiger partial charge in [-0.2, -0.15) is 5.26 Å². The molecule has 0 spiro atoms. The Bertz CT molecular complexity index is 199. The van der Waals surface area contributed by atoms with Crippen molar-refractivity contribution in [3.63, 3.8) is 0 Å². The lowest BCUT2D eigenvalue weighted by Gasteiger charge is -2.14. The van der Waals surface area contributed by atoms with Gasteiger partial charge in [-0.15, -0.1) is 0 Å². The molecule has 0 bridgehead atoms. The van der Waals surface area contributed by atoms with E-state index in [9.17, 15) is 5.11 Å². The van der Waals surface area contributed by atoms with E-state index in [2.05, 4.69) is 0 Å². The summed E-state index contributed by atoms with van der Waals surface area (Å²) < 4.78 is 0. The van der Waals surface area contributed by atoms with E-state index in [4.69, 9.17) is 5.26 Å². The highest BCUT2D eigenvalue weighted by molar-refractivity contribution is 5.25. The number of nitriles is 1. The topological polar surface area (TPSA) is 44.0 Å². The first-order valence-electron chi connectivity index (χ1n) is 2.75. The molecule has 0 aliphatic heterocycles. The van der Waals surface area contributed by atoms with E-state index in [1.165, 1.54) is 6.08 Å². The Morgan fingerprint density at radius 1 is 1.56 bits per heavy atom. The van der Waals surface area contributed by atoms with Gasteiger partial charge in [-0.3, -0.25) is 0 Å². The van der Waals surface area contributed by atoms with E-state index < -0.39 is 5.60 Å². The van der Waals surface area contributed by atoms with Gasteiger partial charge in [0, 0.05) is 6.42 Å². The monoisotopic (exact) mass is 121 g/mol. The van der Waals surface area contributed by atoms with Crippen molar-refractivity contribution in [1.29, 1.82) is 5.26 Å². The summed E-state index contributed by atoms with van der Waals surface area (Å²) in [5.74, 6) is 0. The minimum absolute atomic E-state index is 0.403. The molecule has 1 atom stereocenters. The van der Waals surface area contributed by atoms with Crippen LogP contribution >= 0.6 is 0 Å². The molecule has 1 aliphatic rings. The Balaban J connectivity index is 2.77. The second-order valence-corrected chi connectivity index (χ2v) is 2.03. The normalized spacial score (nSPS) is 32.0. The minimum atomic E-state index is -1.24. The first kappa shape index (κ1) is 6.06. The summed E-state index contributed by atoms with van der Waals surface area (Å²) in [6.45, 7) is 0. The van der Waals surface area contributed by atoms with Crippen LogP contribution in [0.1, 0.15) is 6.42 Å². The Kier molecular flexibility index (Phi) is 1.37. The zero-order valence-electron chi connectivity index (χ0n) is 4.91. The summed E-state index contributed by atoms with van der Waals surface area (Å²) in [7, 11) is 0. The average molecular weight is 121 g/mol. The minimum Gasteiger partial charge on any atom is -0.372 e. The standard InChI is InChI=1S/C7H7NO/c8-6-7(9)4-2-1-3-5-7/h1-4,9H,5H2. The first-order chi connectivity index (χ1) is 4.27. The number of nitrogens with zero attached hydrogens (tertiary/aromatic N) is 1. The second-order valence-electron chi connectivity index (χ2n) is 2.03. The van der Waals surface area contributed by atoms with E-state index in [-0.39, 0.29) is 0 Å². The molecule has 1 rings (SSSR count). The smallest absolute Gasteiger partial charge is 0.173 e. The molecule has 0 aromatic rings. The van der Waals surface area contributed by atoms with Crippen molar-refractivity contribution in [2.75, 3.05) is 0 Å². The summed E-state index contributed by atoms with van der Waals surface area (Å²) in [4.78, 5) is 0. The molecule has 2 nitrogen and oxygen atoms in total. The molecule has 0 amide bonds. The van der Waals surface area contributed by atoms with Crippen LogP contribution in [-0.2, 0) is 0 Å². The molecular formula is C7H7NO. The third kappa shape index (κ3) is 1.18. The quantitative estimate of drug-likeness (QED) is 0.481. The predicted octanol–water partition coefficient (Wildman–Crippen LogP) is 0.757. The van der Waals surface area contributed by atoms with E-state index in [0.29, 0.717) is 6.42 Å². The van der Waals surface area contributed by atoms with Crippen molar-refractivity contribution in [3.05, 3.63) is 24.3 Å². The van der Waals surface area contributed by atoms with Gasteiger partial charge in [0.05, 0.1) is 0 Å². The molecule has 0 saturated heterocycles. The number of hydrogen-bond acceptors (Lipinski definition) is 2. The maximum atomic E-state index is 9.18. The molecule has 46 valence electrons. The molecule has 0 radical (unpaired) electrons. The Hall–Kier alpha value is -1.07. The fraction of sp³-hybridized carbons (Fsp3) is 0.286. The van der Waals surface area contributed by atoms with E-state index >= 15 is 0 Å². The molecule has 1 unspecified atom stereocenters. The SMILES string of the molecule is N#CC1(O)C=CC=CC1. The highest BCUT2D eigenvalue weighted by Crippen LogP contribution is 2.15. The van der Waals surface area contributed by atoms with Crippen molar-refractivity contribution in [1.82, 2.24) is 0 Å². The van der Waals surface area contributed by atoms with E-state index in [1.807, 2.05) is 6.08 Å². The van der Waals surface area contributed by atoms with Gasteiger partial charge >= 0.3 is 0 Å². The van der Waals surface area contributed by atoms with Crippen molar-refractivity contribution in [3.8, 4) is 6.07 Å². The fourth-order valence-electron chi connectivity index (χ4n) is 0.692. The Labute approximate surface area is 53.7 Å². The van der Waals surface area contributed by atoms with Crippen molar-refractivity contribution >= 4 is 0 Å². The number of allylic oxidation sites excluding steroid dienone is 2. The van der Waals surface area contributed by atoms with Gasteiger partial charge in [0.15, 0.2) is 5.60 Å². The highest BCUT2D eigenvalue weighted by Gasteiger charge is 2.21. The van der Waals surface area contributed by atoms with Crippen LogP contribution in [0.3, 0.4) is 0 Å². The van der Waals surface area contributed by atoms with Crippen LogP contribution in [-0.4, -0.2) is 10.7 Å². The third-order valence-electron chi connectivity index (χ3n) is 1.24. The molecule has 0 aromatic heterocycles. The summed E-state index contributed by atoms with van der Waals surface area (Å²) in [5, 5.41) is 17.5. The number of hydrogen-bond donors (Lipinski definition) is 1. The van der Waals surface area contributed by atoms with Crippen LogP contribution in [0.25, 0.3) is 0 Å². The van der Waals surface area contributed by atoms with Gasteiger partial charge in [0.25, 0.3) is 0 Å². The van der Waals surface area contributed by atoms with Crippen molar-refractivity contribution in [2.45, 2.75) is 12.0 Å². The van der Waals surface area contributed by atoms with Gasteiger partial charge < -0.3 is 5.11 Å². The second kappa shape index (κ2) is 2.04. The molecule has 2 heteroatoms. The van der Waals surface area contributed by atoms with Crippen LogP contribution in [0, 0.1) is 11.3 Å². The van der Waals surface area contributed by atoms with Crippen LogP contribution in [0.5, 0.6) is 0 Å². The molecule has 0 heterocycles. The lowest BCUT2D eigenvalue weighted by molar-refractivity contribution is 0.153. The van der Waals surface area contributed by atoms with E-state index in [1.54, 1.807) is 18.2 Å². The summed E-state index contributed by atoms with van der Waals surface area (Å²) in [6.07, 6.45) is 7.15. The maximum absolute atomic E-state index is 9.18. The molecule has 0 aromatic carbocycles. The summed E-state index contributed by atoms with van der Waals surface area (Å²) in [5.41, 5.74) is -1.24. The van der Waals surface area contributed by atoms with E-state index in [0.717, 1.165) is 0 Å². The molecule has 0 saturated carbocycles. The van der Waals surface area contributed by atoms with Gasteiger partial charge in [0.1, 0.15) is 6.07 Å². The Morgan fingerprint density at radius 2 is 2.33 bits per heavy atom. The average Bonchev–Trinajstić information content (AvgIpc) is 1.90. The molecule has 9 heavy (non-hydrogen) atoms. The first-order valence-corrected chi connectivity index (χ1v) is 2.75. The number of aliphatic hydroxyl groups is 1. The zero-order chi connectivity index (χ0) is 6.74. The summed E-state index contributed by atoms with van der Waals surface area (Å²) in [6, 6.07) is 1.80. The van der Waals surface area contributed by atoms with Crippen LogP contribution < -0.4 is 0 Å². The third-order valence-corrected chi connectivity index (χ3v) is 1.24. The largest absolute Gasteiger partial charge is 0.372 e. The van der Waals surface area contributed by atoms with Gasteiger partial charge in [0.2, 0.25) is 0 Å². The lowest BCUT2D eigenvalue weighted by atomic mass is 9.98. The van der Waals surface area contributed by atoms with Gasteiger partial charge in [-0.25, -0.2) is 0 Å². The fourth-order valence-corrected chi connectivity index (χ4v) is 0.692. The van der Waals surface area contributed by atoms with Crippen LogP contribution in [0.2, 0.25) is 0 Å². The molecular weight excluding hydrogens is 114 g/mol. The Morgan fingerprint density at radius 3 is 2.67 bits per heavy atom. The van der Waals surface area contributed by atoms with Crippen molar-refractivity contribution < 1.29 is 5.11 Å². The van der Waals surface area contributed by atoms with Gasteiger partial charge in [-0.1, -0.05) is 18.2 Å². The zero-order valence-corrected chi connectivity index (χ0v) is 4.91. The van der Waals surface area contributed by atoms with Crippen LogP contribution in [0.4, 0.5) is 0 Å². The van der Waals surface area contributed by atoms with Gasteiger partial charge in [-0.05, 0) is 6.08 Å². The number of rotatable bonds is 0. The predicted molar refractivity (Wildman–Crippen MR) is 33.5 cm³/mol. The van der Waals surface area contributed by atoms with Crippen molar-refractivity contribution in [2.24, 2.45) is 0 Å². The molecule has 1 aliphatic carbocycles.